The van der Waals surface area contributed by atoms with Crippen molar-refractivity contribution in [3.8, 4) is 11.3 Å². The van der Waals surface area contributed by atoms with E-state index in [4.69, 9.17) is 11.6 Å². The smallest absolute Gasteiger partial charge is 0.270 e. The normalized spacial score (nSPS) is 10.9. The number of aryl methyl sites for hydroxylation is 1. The molecule has 1 N–H and O–H groups in total. The van der Waals surface area contributed by atoms with Crippen molar-refractivity contribution in [2.45, 2.75) is 13.5 Å². The number of pyridine rings is 1. The number of halogens is 1. The molecule has 7 heteroatoms. The molecule has 0 saturated heterocycles. The molecule has 1 amide bonds. The van der Waals surface area contributed by atoms with Crippen LogP contribution in [0.3, 0.4) is 0 Å². The van der Waals surface area contributed by atoms with Gasteiger partial charge in [-0.3, -0.25) is 14.6 Å². The van der Waals surface area contributed by atoms with Crippen LogP contribution < -0.4 is 10.9 Å². The molecular weight excluding hydrogens is 400 g/mol. The maximum atomic E-state index is 12.6. The van der Waals surface area contributed by atoms with Gasteiger partial charge in [0.05, 0.1) is 17.8 Å². The molecule has 4 rings (SSSR count). The molecule has 2 aromatic carbocycles. The minimum absolute atomic E-state index is 0.149. The fourth-order valence-electron chi connectivity index (χ4n) is 3.24. The first-order valence-corrected chi connectivity index (χ1v) is 9.78. The number of nitrogens with zero attached hydrogens (tertiary/aromatic N) is 3. The Bertz CT molecular complexity index is 1310. The third-order valence-corrected chi connectivity index (χ3v) is 5.12. The van der Waals surface area contributed by atoms with Crippen molar-refractivity contribution in [1.82, 2.24) is 20.1 Å². The van der Waals surface area contributed by atoms with E-state index in [-0.39, 0.29) is 11.5 Å². The molecule has 0 fully saturated rings. The Morgan fingerprint density at radius 3 is 2.60 bits per heavy atom. The van der Waals surface area contributed by atoms with Crippen LogP contribution in [0.15, 0.2) is 65.6 Å². The lowest BCUT2D eigenvalue weighted by Gasteiger charge is -2.10. The number of amides is 1. The molecule has 0 radical (unpaired) electrons. The number of hydrogen-bond donors (Lipinski definition) is 1. The van der Waals surface area contributed by atoms with Crippen LogP contribution >= 0.6 is 11.6 Å². The van der Waals surface area contributed by atoms with E-state index in [9.17, 15) is 9.59 Å². The molecule has 0 atom stereocenters. The molecule has 0 aliphatic rings. The lowest BCUT2D eigenvalue weighted by Crippen LogP contribution is -2.25. The van der Waals surface area contributed by atoms with E-state index in [1.807, 2.05) is 24.3 Å². The van der Waals surface area contributed by atoms with Crippen LogP contribution in [0.4, 0.5) is 0 Å². The summed E-state index contributed by atoms with van der Waals surface area (Å²) in [5.74, 6) is -0.159. The summed E-state index contributed by atoms with van der Waals surface area (Å²) in [6.45, 7) is 2.11. The molecule has 6 nitrogen and oxygen atoms in total. The third-order valence-electron chi connectivity index (χ3n) is 4.87. The van der Waals surface area contributed by atoms with Crippen molar-refractivity contribution in [2.24, 2.45) is 0 Å². The lowest BCUT2D eigenvalue weighted by molar-refractivity contribution is 0.0963. The number of rotatable bonds is 4. The lowest BCUT2D eigenvalue weighted by atomic mass is 10.1. The van der Waals surface area contributed by atoms with Crippen molar-refractivity contribution < 1.29 is 4.79 Å². The highest BCUT2D eigenvalue weighted by molar-refractivity contribution is 6.30. The summed E-state index contributed by atoms with van der Waals surface area (Å²) >= 11 is 5.95. The van der Waals surface area contributed by atoms with Crippen molar-refractivity contribution in [3.05, 3.63) is 92.9 Å². The van der Waals surface area contributed by atoms with Gasteiger partial charge in [-0.1, -0.05) is 23.7 Å². The van der Waals surface area contributed by atoms with Gasteiger partial charge in [0.15, 0.2) is 0 Å². The Morgan fingerprint density at radius 1 is 1.10 bits per heavy atom. The molecule has 0 spiro atoms. The van der Waals surface area contributed by atoms with E-state index in [0.29, 0.717) is 28.4 Å². The third kappa shape index (κ3) is 3.95. The Balaban J connectivity index is 1.76. The van der Waals surface area contributed by atoms with Gasteiger partial charge < -0.3 is 5.32 Å². The van der Waals surface area contributed by atoms with E-state index in [1.54, 1.807) is 50.5 Å². The second kappa shape index (κ2) is 8.08. The van der Waals surface area contributed by atoms with Crippen LogP contribution in [0.5, 0.6) is 0 Å². The van der Waals surface area contributed by atoms with E-state index in [1.165, 1.54) is 4.68 Å². The molecule has 150 valence electrons. The Hall–Kier alpha value is -3.51. The van der Waals surface area contributed by atoms with E-state index in [0.717, 1.165) is 22.0 Å². The number of carbonyl (C=O) groups excluding carboxylic acids is 1. The summed E-state index contributed by atoms with van der Waals surface area (Å²) in [5, 5.41) is 8.64. The standard InChI is InChI=1S/C23H19ClN4O2/c1-14-9-21(27-28(23(14)30)13-15-3-6-19(24)7-4-15)18-11-17-10-16(22(29)25-2)5-8-20(17)26-12-18/h3-12H,13H2,1-2H3,(H,25,29). The van der Waals surface area contributed by atoms with E-state index >= 15 is 0 Å². The first-order valence-electron chi connectivity index (χ1n) is 9.40. The summed E-state index contributed by atoms with van der Waals surface area (Å²) < 4.78 is 1.44. The van der Waals surface area contributed by atoms with Gasteiger partial charge in [-0.15, -0.1) is 0 Å². The molecule has 0 bridgehead atoms. The van der Waals surface area contributed by atoms with Crippen molar-refractivity contribution >= 4 is 28.4 Å². The van der Waals surface area contributed by atoms with Gasteiger partial charge in [0.2, 0.25) is 0 Å². The monoisotopic (exact) mass is 418 g/mol. The van der Waals surface area contributed by atoms with Crippen LogP contribution in [-0.2, 0) is 6.54 Å². The highest BCUT2D eigenvalue weighted by atomic mass is 35.5. The van der Waals surface area contributed by atoms with Gasteiger partial charge >= 0.3 is 0 Å². The maximum Gasteiger partial charge on any atom is 0.270 e. The zero-order valence-electron chi connectivity index (χ0n) is 16.5. The van der Waals surface area contributed by atoms with Crippen molar-refractivity contribution in [2.75, 3.05) is 7.05 Å². The SMILES string of the molecule is CNC(=O)c1ccc2ncc(-c3cc(C)c(=O)n(Cc4ccc(Cl)cc4)n3)cc2c1. The molecule has 0 unspecified atom stereocenters. The van der Waals surface area contributed by atoms with Gasteiger partial charge in [0.1, 0.15) is 0 Å². The summed E-state index contributed by atoms with van der Waals surface area (Å²) in [6, 6.07) is 16.3. The average molecular weight is 419 g/mol. The predicted molar refractivity (Wildman–Crippen MR) is 118 cm³/mol. The molecular formula is C23H19ClN4O2. The minimum Gasteiger partial charge on any atom is -0.355 e. The molecule has 0 saturated carbocycles. The largest absolute Gasteiger partial charge is 0.355 e. The predicted octanol–water partition coefficient (Wildman–Crippen LogP) is 3.83. The number of benzene rings is 2. The van der Waals surface area contributed by atoms with Crippen LogP contribution in [-0.4, -0.2) is 27.7 Å². The number of carbonyl (C=O) groups is 1. The molecule has 2 aromatic heterocycles. The molecule has 4 aromatic rings. The molecule has 0 aliphatic heterocycles. The number of fused-ring (bicyclic) bond motifs is 1. The number of nitrogens with one attached hydrogen (secondary N) is 1. The molecule has 30 heavy (non-hydrogen) atoms. The Labute approximate surface area is 178 Å². The molecule has 0 aliphatic carbocycles. The van der Waals surface area contributed by atoms with Gasteiger partial charge in [-0.2, -0.15) is 5.10 Å². The topological polar surface area (TPSA) is 76.9 Å². The summed E-state index contributed by atoms with van der Waals surface area (Å²) in [7, 11) is 1.60. The second-order valence-electron chi connectivity index (χ2n) is 7.01. The van der Waals surface area contributed by atoms with E-state index < -0.39 is 0 Å². The number of aromatic nitrogens is 3. The van der Waals surface area contributed by atoms with Crippen LogP contribution in [0.1, 0.15) is 21.5 Å². The van der Waals surface area contributed by atoms with Crippen molar-refractivity contribution in [1.29, 1.82) is 0 Å². The zero-order valence-corrected chi connectivity index (χ0v) is 17.3. The van der Waals surface area contributed by atoms with Crippen LogP contribution in [0, 0.1) is 6.92 Å². The Kier molecular flexibility index (Phi) is 5.33. The van der Waals surface area contributed by atoms with Crippen LogP contribution in [0.25, 0.3) is 22.2 Å². The summed E-state index contributed by atoms with van der Waals surface area (Å²) in [6.07, 6.45) is 1.72. The van der Waals surface area contributed by atoms with Gasteiger partial charge in [-0.05, 0) is 55.0 Å². The highest BCUT2D eigenvalue weighted by Gasteiger charge is 2.11. The number of hydrogen-bond acceptors (Lipinski definition) is 4. The first-order chi connectivity index (χ1) is 14.4. The summed E-state index contributed by atoms with van der Waals surface area (Å²) in [5.41, 5.74) is 4.11. The highest BCUT2D eigenvalue weighted by Crippen LogP contribution is 2.22. The fourth-order valence-corrected chi connectivity index (χ4v) is 3.37. The summed E-state index contributed by atoms with van der Waals surface area (Å²) in [4.78, 5) is 29.0. The minimum atomic E-state index is -0.159. The quantitative estimate of drug-likeness (QED) is 0.546. The van der Waals surface area contributed by atoms with Gasteiger partial charge in [0, 0.05) is 40.3 Å². The van der Waals surface area contributed by atoms with Crippen molar-refractivity contribution in [3.63, 3.8) is 0 Å². The first kappa shape index (κ1) is 19.8. The fraction of sp³-hybridized carbons (Fsp3) is 0.130. The van der Waals surface area contributed by atoms with Crippen LogP contribution in [0.2, 0.25) is 5.02 Å². The zero-order chi connectivity index (χ0) is 21.3. The molecule has 2 heterocycles. The maximum absolute atomic E-state index is 12.6. The van der Waals surface area contributed by atoms with Gasteiger partial charge in [0.25, 0.3) is 11.5 Å². The Morgan fingerprint density at radius 2 is 1.87 bits per heavy atom. The second-order valence-corrected chi connectivity index (χ2v) is 7.45. The average Bonchev–Trinajstić information content (AvgIpc) is 2.76. The van der Waals surface area contributed by atoms with Gasteiger partial charge in [-0.25, -0.2) is 4.68 Å². The van der Waals surface area contributed by atoms with E-state index in [2.05, 4.69) is 15.4 Å².